The summed E-state index contributed by atoms with van der Waals surface area (Å²) in [6, 6.07) is 12.4. The third-order valence-corrected chi connectivity index (χ3v) is 5.37. The van der Waals surface area contributed by atoms with Gasteiger partial charge in [0.25, 0.3) is 5.91 Å². The third kappa shape index (κ3) is 4.34. The zero-order valence-corrected chi connectivity index (χ0v) is 17.4. The number of aliphatic imine (C=N–C) groups is 1. The van der Waals surface area contributed by atoms with Gasteiger partial charge in [-0.1, -0.05) is 49.7 Å². The molecule has 5 nitrogen and oxygen atoms in total. The summed E-state index contributed by atoms with van der Waals surface area (Å²) >= 11 is 7.50. The Labute approximate surface area is 173 Å². The van der Waals surface area contributed by atoms with Crippen LogP contribution in [0, 0.1) is 5.92 Å². The lowest BCUT2D eigenvalue weighted by atomic mass is 10.1. The van der Waals surface area contributed by atoms with E-state index in [1.165, 1.54) is 18.9 Å². The Balaban J connectivity index is 2.01. The summed E-state index contributed by atoms with van der Waals surface area (Å²) in [5.74, 6) is 0.476. The topological polar surface area (TPSA) is 62.1 Å². The summed E-state index contributed by atoms with van der Waals surface area (Å²) in [5, 5.41) is 11.4. The monoisotopic (exact) mass is 416 g/mol. The Kier molecular flexibility index (Phi) is 6.31. The molecule has 0 aliphatic carbocycles. The van der Waals surface area contributed by atoms with Crippen molar-refractivity contribution in [1.82, 2.24) is 4.90 Å². The van der Waals surface area contributed by atoms with E-state index < -0.39 is 0 Å². The zero-order valence-electron chi connectivity index (χ0n) is 15.8. The molecule has 28 heavy (non-hydrogen) atoms. The minimum absolute atomic E-state index is 0.00204. The quantitative estimate of drug-likeness (QED) is 0.670. The fourth-order valence-corrected chi connectivity index (χ4v) is 3.89. The molecule has 0 aromatic heterocycles. The molecule has 3 rings (SSSR count). The number of phenols is 1. The summed E-state index contributed by atoms with van der Waals surface area (Å²) < 4.78 is 5.14. The van der Waals surface area contributed by atoms with Gasteiger partial charge in [0, 0.05) is 12.1 Å². The number of carbonyl (C=O) groups excluding carboxylic acids is 1. The second-order valence-electron chi connectivity index (χ2n) is 6.66. The maximum absolute atomic E-state index is 13.0. The van der Waals surface area contributed by atoms with Crippen LogP contribution in [0.5, 0.6) is 11.5 Å². The van der Waals surface area contributed by atoms with Crippen LogP contribution in [0.15, 0.2) is 52.4 Å². The smallest absolute Gasteiger partial charge is 0.266 e. The number of aromatic hydroxyl groups is 1. The lowest BCUT2D eigenvalue weighted by Crippen LogP contribution is -2.32. The minimum atomic E-state index is -0.147. The number of hydrogen-bond donors (Lipinski definition) is 1. The Bertz CT molecular complexity index is 956. The van der Waals surface area contributed by atoms with Crippen molar-refractivity contribution in [2.45, 2.75) is 13.8 Å². The van der Waals surface area contributed by atoms with Gasteiger partial charge in [-0.2, -0.15) is 0 Å². The van der Waals surface area contributed by atoms with Crippen LogP contribution in [0.25, 0.3) is 6.08 Å². The molecule has 1 N–H and O–H groups in total. The number of nitrogens with zero attached hydrogens (tertiary/aromatic N) is 2. The standard InChI is InChI=1S/C21H21ClN2O3S/c1-13(2)12-24-20(26)18(11-14-7-6-10-17(27-3)19(14)25)28-21(24)23-16-9-5-4-8-15(16)22/h4-11,13,25H,12H2,1-3H3/b18-11+,23-21?. The molecule has 1 fully saturated rings. The fourth-order valence-electron chi connectivity index (χ4n) is 2.72. The molecule has 2 aromatic rings. The van der Waals surface area contributed by atoms with Crippen LogP contribution in [0.2, 0.25) is 5.02 Å². The van der Waals surface area contributed by atoms with Gasteiger partial charge in [-0.3, -0.25) is 9.69 Å². The van der Waals surface area contributed by atoms with E-state index in [0.29, 0.717) is 38.6 Å². The Morgan fingerprint density at radius 3 is 2.68 bits per heavy atom. The number of thioether (sulfide) groups is 1. The van der Waals surface area contributed by atoms with Gasteiger partial charge in [0.2, 0.25) is 0 Å². The minimum Gasteiger partial charge on any atom is -0.504 e. The Morgan fingerprint density at radius 1 is 1.25 bits per heavy atom. The van der Waals surface area contributed by atoms with Crippen LogP contribution >= 0.6 is 23.4 Å². The molecule has 0 bridgehead atoms. The summed E-state index contributed by atoms with van der Waals surface area (Å²) in [6.07, 6.45) is 1.66. The molecular formula is C21H21ClN2O3S. The van der Waals surface area contributed by atoms with Gasteiger partial charge in [0.1, 0.15) is 0 Å². The molecule has 1 amide bonds. The highest BCUT2D eigenvalue weighted by atomic mass is 35.5. The number of ether oxygens (including phenoxy) is 1. The molecule has 7 heteroatoms. The third-order valence-electron chi connectivity index (χ3n) is 4.04. The average Bonchev–Trinajstić information content (AvgIpc) is 2.94. The molecule has 2 aromatic carbocycles. The molecule has 0 atom stereocenters. The maximum Gasteiger partial charge on any atom is 0.266 e. The van der Waals surface area contributed by atoms with Crippen LogP contribution in [-0.2, 0) is 4.79 Å². The number of carbonyl (C=O) groups is 1. The van der Waals surface area contributed by atoms with E-state index in [4.69, 9.17) is 16.3 Å². The number of benzene rings is 2. The van der Waals surface area contributed by atoms with Crippen molar-refractivity contribution in [3.63, 3.8) is 0 Å². The number of methoxy groups -OCH3 is 1. The van der Waals surface area contributed by atoms with Crippen molar-refractivity contribution in [3.05, 3.63) is 58.0 Å². The van der Waals surface area contributed by atoms with Crippen LogP contribution < -0.4 is 4.74 Å². The highest BCUT2D eigenvalue weighted by molar-refractivity contribution is 8.18. The first kappa shape index (κ1) is 20.3. The lowest BCUT2D eigenvalue weighted by Gasteiger charge is -2.17. The summed E-state index contributed by atoms with van der Waals surface area (Å²) in [5.41, 5.74) is 1.12. The van der Waals surface area contributed by atoms with Crippen LogP contribution in [-0.4, -0.2) is 34.7 Å². The molecule has 1 heterocycles. The second kappa shape index (κ2) is 8.71. The molecule has 1 aliphatic rings. The van der Waals surface area contributed by atoms with Crippen molar-refractivity contribution in [3.8, 4) is 11.5 Å². The average molecular weight is 417 g/mol. The number of amides is 1. The first-order valence-electron chi connectivity index (χ1n) is 8.81. The van der Waals surface area contributed by atoms with E-state index in [9.17, 15) is 9.90 Å². The Hall–Kier alpha value is -2.44. The molecule has 0 spiro atoms. The van der Waals surface area contributed by atoms with E-state index in [1.807, 2.05) is 32.0 Å². The first-order chi connectivity index (χ1) is 13.4. The van der Waals surface area contributed by atoms with Crippen molar-refractivity contribution < 1.29 is 14.6 Å². The Morgan fingerprint density at radius 2 is 2.00 bits per heavy atom. The molecule has 0 saturated carbocycles. The fraction of sp³-hybridized carbons (Fsp3) is 0.238. The van der Waals surface area contributed by atoms with E-state index in [0.717, 1.165) is 0 Å². The highest BCUT2D eigenvalue weighted by Crippen LogP contribution is 2.38. The number of halogens is 1. The number of amidine groups is 1. The van der Waals surface area contributed by atoms with Gasteiger partial charge in [0.05, 0.1) is 22.7 Å². The zero-order chi connectivity index (χ0) is 20.3. The largest absolute Gasteiger partial charge is 0.504 e. The molecular weight excluding hydrogens is 396 g/mol. The molecule has 146 valence electrons. The van der Waals surface area contributed by atoms with Crippen LogP contribution in [0.3, 0.4) is 0 Å². The summed E-state index contributed by atoms with van der Waals surface area (Å²) in [4.78, 5) is 19.8. The highest BCUT2D eigenvalue weighted by Gasteiger charge is 2.34. The molecule has 0 unspecified atom stereocenters. The maximum atomic E-state index is 13.0. The summed E-state index contributed by atoms with van der Waals surface area (Å²) in [7, 11) is 1.49. The van der Waals surface area contributed by atoms with Gasteiger partial charge in [-0.15, -0.1) is 0 Å². The van der Waals surface area contributed by atoms with Gasteiger partial charge in [-0.25, -0.2) is 4.99 Å². The van der Waals surface area contributed by atoms with E-state index in [1.54, 1.807) is 35.2 Å². The van der Waals surface area contributed by atoms with Gasteiger partial charge < -0.3 is 9.84 Å². The van der Waals surface area contributed by atoms with Crippen molar-refractivity contribution >= 4 is 46.2 Å². The summed E-state index contributed by atoms with van der Waals surface area (Å²) in [6.45, 7) is 4.62. The first-order valence-corrected chi connectivity index (χ1v) is 10.0. The normalized spacial score (nSPS) is 17.2. The van der Waals surface area contributed by atoms with E-state index >= 15 is 0 Å². The van der Waals surface area contributed by atoms with Crippen molar-refractivity contribution in [2.75, 3.05) is 13.7 Å². The van der Waals surface area contributed by atoms with Gasteiger partial charge in [-0.05, 0) is 42.0 Å². The van der Waals surface area contributed by atoms with Gasteiger partial charge in [0.15, 0.2) is 16.7 Å². The molecule has 0 radical (unpaired) electrons. The van der Waals surface area contributed by atoms with Gasteiger partial charge >= 0.3 is 0 Å². The van der Waals surface area contributed by atoms with E-state index in [-0.39, 0.29) is 17.6 Å². The second-order valence-corrected chi connectivity index (χ2v) is 8.08. The molecule has 1 saturated heterocycles. The predicted octanol–water partition coefficient (Wildman–Crippen LogP) is 5.31. The SMILES string of the molecule is COc1cccc(/C=C2/SC(=Nc3ccccc3Cl)N(CC(C)C)C2=O)c1O. The molecule has 1 aliphatic heterocycles. The van der Waals surface area contributed by atoms with Crippen LogP contribution in [0.4, 0.5) is 5.69 Å². The number of phenolic OH excluding ortho intramolecular Hbond substituents is 1. The van der Waals surface area contributed by atoms with E-state index in [2.05, 4.69) is 4.99 Å². The van der Waals surface area contributed by atoms with Crippen molar-refractivity contribution in [2.24, 2.45) is 10.9 Å². The predicted molar refractivity (Wildman–Crippen MR) is 115 cm³/mol. The van der Waals surface area contributed by atoms with Crippen molar-refractivity contribution in [1.29, 1.82) is 0 Å². The number of hydrogen-bond acceptors (Lipinski definition) is 5. The number of rotatable bonds is 5. The van der Waals surface area contributed by atoms with Crippen LogP contribution in [0.1, 0.15) is 19.4 Å². The lowest BCUT2D eigenvalue weighted by molar-refractivity contribution is -0.122. The number of para-hydroxylation sites is 2.